The molecule has 1 aromatic rings. The molecule has 0 saturated carbocycles. The van der Waals surface area contributed by atoms with Crippen molar-refractivity contribution in [1.82, 2.24) is 0 Å². The van der Waals surface area contributed by atoms with E-state index < -0.39 is 0 Å². The molecular weight excluding hydrogens is 192 g/mol. The van der Waals surface area contributed by atoms with Gasteiger partial charge < -0.3 is 0 Å². The summed E-state index contributed by atoms with van der Waals surface area (Å²) in [4.78, 5) is 12.1. The Balaban J connectivity index is 2.57. The van der Waals surface area contributed by atoms with Crippen molar-refractivity contribution in [3.8, 4) is 0 Å². The van der Waals surface area contributed by atoms with Crippen LogP contribution in [0.25, 0.3) is 0 Å². The van der Waals surface area contributed by atoms with E-state index in [1.54, 1.807) is 11.8 Å². The number of benzene rings is 1. The van der Waals surface area contributed by atoms with Crippen LogP contribution in [0.1, 0.15) is 41.9 Å². The topological polar surface area (TPSA) is 17.1 Å². The van der Waals surface area contributed by atoms with Crippen molar-refractivity contribution in [3.05, 3.63) is 35.4 Å². The third-order valence-corrected chi connectivity index (χ3v) is 4.04. The molecule has 0 bridgehead atoms. The van der Waals surface area contributed by atoms with Crippen molar-refractivity contribution < 1.29 is 4.79 Å². The summed E-state index contributed by atoms with van der Waals surface area (Å²) in [5.41, 5.74) is 2.09. The van der Waals surface area contributed by atoms with Crippen molar-refractivity contribution in [2.45, 2.75) is 30.8 Å². The van der Waals surface area contributed by atoms with Crippen LogP contribution >= 0.6 is 11.8 Å². The zero-order valence-electron chi connectivity index (χ0n) is 8.70. The third kappa shape index (κ3) is 1.38. The van der Waals surface area contributed by atoms with Gasteiger partial charge in [-0.2, -0.15) is 0 Å². The molecule has 14 heavy (non-hydrogen) atoms. The van der Waals surface area contributed by atoms with Gasteiger partial charge in [0.05, 0.1) is 4.75 Å². The predicted molar refractivity (Wildman–Crippen MR) is 60.9 cm³/mol. The number of thioether (sulfide) groups is 1. The maximum Gasteiger partial charge on any atom is 0.178 e. The maximum absolute atomic E-state index is 12.1. The molecule has 0 N–H and O–H groups in total. The number of rotatable bonds is 0. The van der Waals surface area contributed by atoms with Crippen LogP contribution in [0.15, 0.2) is 24.3 Å². The highest BCUT2D eigenvalue weighted by Crippen LogP contribution is 2.46. The highest BCUT2D eigenvalue weighted by atomic mass is 32.2. The molecule has 2 heteroatoms. The van der Waals surface area contributed by atoms with Crippen molar-refractivity contribution >= 4 is 17.5 Å². The average molecular weight is 206 g/mol. The number of carbonyl (C=O) groups is 1. The van der Waals surface area contributed by atoms with Crippen LogP contribution in [0.3, 0.4) is 0 Å². The summed E-state index contributed by atoms with van der Waals surface area (Å²) in [6.45, 7) is 6.18. The van der Waals surface area contributed by atoms with Crippen LogP contribution < -0.4 is 0 Å². The lowest BCUT2D eigenvalue weighted by molar-refractivity contribution is 0.0954. The monoisotopic (exact) mass is 206 g/mol. The SMILES string of the molecule is CC1SC(C)(C)C(=O)c2ccccc21. The van der Waals surface area contributed by atoms with Gasteiger partial charge in [0.25, 0.3) is 0 Å². The number of Topliss-reactive ketones (excluding diaryl/α,β-unsaturated/α-hetero) is 1. The molecule has 0 fully saturated rings. The molecule has 1 aromatic carbocycles. The lowest BCUT2D eigenvalue weighted by Crippen LogP contribution is -2.33. The quantitative estimate of drug-likeness (QED) is 0.646. The van der Waals surface area contributed by atoms with E-state index in [9.17, 15) is 4.79 Å². The van der Waals surface area contributed by atoms with Gasteiger partial charge in [0.1, 0.15) is 0 Å². The molecular formula is C12H14OS. The molecule has 1 heterocycles. The van der Waals surface area contributed by atoms with Gasteiger partial charge in [0.2, 0.25) is 0 Å². The molecule has 0 spiro atoms. The normalized spacial score (nSPS) is 24.5. The average Bonchev–Trinajstić information content (AvgIpc) is 2.14. The van der Waals surface area contributed by atoms with Gasteiger partial charge in [-0.05, 0) is 26.3 Å². The lowest BCUT2D eigenvalue weighted by atomic mass is 9.93. The van der Waals surface area contributed by atoms with Crippen LogP contribution in [0.2, 0.25) is 0 Å². The summed E-state index contributed by atoms with van der Waals surface area (Å²) < 4.78 is -0.270. The Morgan fingerprint density at radius 2 is 1.93 bits per heavy atom. The van der Waals surface area contributed by atoms with E-state index in [2.05, 4.69) is 13.0 Å². The first kappa shape index (κ1) is 9.78. The second-order valence-electron chi connectivity index (χ2n) is 4.19. The first-order valence-corrected chi connectivity index (χ1v) is 5.72. The molecule has 1 unspecified atom stereocenters. The van der Waals surface area contributed by atoms with Crippen molar-refractivity contribution in [2.24, 2.45) is 0 Å². The molecule has 74 valence electrons. The zero-order valence-corrected chi connectivity index (χ0v) is 9.52. The maximum atomic E-state index is 12.1. The van der Waals surface area contributed by atoms with Gasteiger partial charge >= 0.3 is 0 Å². The van der Waals surface area contributed by atoms with Gasteiger partial charge in [0.15, 0.2) is 5.78 Å². The second-order valence-corrected chi connectivity index (χ2v) is 6.15. The molecule has 0 aliphatic carbocycles. The molecule has 0 amide bonds. The predicted octanol–water partition coefficient (Wildman–Crippen LogP) is 3.46. The molecule has 1 atom stereocenters. The minimum absolute atomic E-state index is 0.260. The van der Waals surface area contributed by atoms with E-state index >= 15 is 0 Å². The summed E-state index contributed by atoms with van der Waals surface area (Å²) in [5, 5.41) is 0.416. The highest BCUT2D eigenvalue weighted by molar-refractivity contribution is 8.01. The Hall–Kier alpha value is -0.760. The van der Waals surface area contributed by atoms with Crippen LogP contribution in [0, 0.1) is 0 Å². The highest BCUT2D eigenvalue weighted by Gasteiger charge is 2.37. The van der Waals surface area contributed by atoms with Crippen LogP contribution in [0.5, 0.6) is 0 Å². The van der Waals surface area contributed by atoms with Gasteiger partial charge in [0, 0.05) is 10.8 Å². The third-order valence-electron chi connectivity index (χ3n) is 2.66. The van der Waals surface area contributed by atoms with Gasteiger partial charge in [-0.1, -0.05) is 24.3 Å². The van der Waals surface area contributed by atoms with Crippen molar-refractivity contribution in [2.75, 3.05) is 0 Å². The number of fused-ring (bicyclic) bond motifs is 1. The first-order chi connectivity index (χ1) is 6.52. The summed E-state index contributed by atoms with van der Waals surface area (Å²) in [5.74, 6) is 0.260. The fraction of sp³-hybridized carbons (Fsp3) is 0.417. The molecule has 0 saturated heterocycles. The summed E-state index contributed by atoms with van der Waals surface area (Å²) in [6, 6.07) is 7.94. The van der Waals surface area contributed by atoms with Gasteiger partial charge in [-0.25, -0.2) is 0 Å². The van der Waals surface area contributed by atoms with E-state index in [1.165, 1.54) is 5.56 Å². The van der Waals surface area contributed by atoms with Crippen molar-refractivity contribution in [3.63, 3.8) is 0 Å². The molecule has 0 radical (unpaired) electrons. The molecule has 0 aromatic heterocycles. The number of hydrogen-bond acceptors (Lipinski definition) is 2. The Bertz CT molecular complexity index is 382. The Morgan fingerprint density at radius 3 is 2.64 bits per heavy atom. The Kier molecular flexibility index (Phi) is 2.18. The minimum atomic E-state index is -0.270. The molecule has 2 rings (SSSR count). The van der Waals surface area contributed by atoms with Crippen LogP contribution in [-0.4, -0.2) is 10.5 Å². The summed E-state index contributed by atoms with van der Waals surface area (Å²) >= 11 is 1.74. The van der Waals surface area contributed by atoms with E-state index in [0.717, 1.165) is 5.56 Å². The molecule has 1 aliphatic rings. The van der Waals surface area contributed by atoms with Crippen LogP contribution in [0.4, 0.5) is 0 Å². The first-order valence-electron chi connectivity index (χ1n) is 4.84. The van der Waals surface area contributed by atoms with Crippen LogP contribution in [-0.2, 0) is 0 Å². The fourth-order valence-electron chi connectivity index (χ4n) is 1.94. The number of ketones is 1. The fourth-order valence-corrected chi connectivity index (χ4v) is 3.37. The van der Waals surface area contributed by atoms with Crippen molar-refractivity contribution in [1.29, 1.82) is 0 Å². The van der Waals surface area contributed by atoms with Gasteiger partial charge in [-0.3, -0.25) is 4.79 Å². The Morgan fingerprint density at radius 1 is 1.29 bits per heavy atom. The van der Waals surface area contributed by atoms with E-state index in [-0.39, 0.29) is 10.5 Å². The minimum Gasteiger partial charge on any atom is -0.293 e. The van der Waals surface area contributed by atoms with E-state index in [0.29, 0.717) is 5.25 Å². The largest absolute Gasteiger partial charge is 0.293 e. The smallest absolute Gasteiger partial charge is 0.178 e. The standard InChI is InChI=1S/C12H14OS/c1-8-9-6-4-5-7-10(9)11(13)12(2,3)14-8/h4-8H,1-3H3. The zero-order chi connectivity index (χ0) is 10.3. The summed E-state index contributed by atoms with van der Waals surface area (Å²) in [6.07, 6.45) is 0. The second kappa shape index (κ2) is 3.13. The Labute approximate surface area is 88.9 Å². The number of hydrogen-bond donors (Lipinski definition) is 0. The van der Waals surface area contributed by atoms with E-state index in [4.69, 9.17) is 0 Å². The summed E-state index contributed by atoms with van der Waals surface area (Å²) in [7, 11) is 0. The van der Waals surface area contributed by atoms with Gasteiger partial charge in [-0.15, -0.1) is 11.8 Å². The molecule has 1 nitrogen and oxygen atoms in total. The lowest BCUT2D eigenvalue weighted by Gasteiger charge is -2.33. The molecule has 1 aliphatic heterocycles. The number of carbonyl (C=O) groups excluding carboxylic acids is 1. The van der Waals surface area contributed by atoms with E-state index in [1.807, 2.05) is 32.0 Å².